The summed E-state index contributed by atoms with van der Waals surface area (Å²) in [6.45, 7) is 11.9. The second kappa shape index (κ2) is 6.95. The molecule has 1 atom stereocenters. The Balaban J connectivity index is 2.03. The van der Waals surface area contributed by atoms with Crippen LogP contribution in [-0.4, -0.2) is 18.4 Å². The summed E-state index contributed by atoms with van der Waals surface area (Å²) in [6, 6.07) is 11.7. The number of hydrogen-bond donors (Lipinski definition) is 1. The van der Waals surface area contributed by atoms with Crippen LogP contribution >= 0.6 is 0 Å². The van der Waals surface area contributed by atoms with Gasteiger partial charge in [-0.3, -0.25) is 4.98 Å². The molecule has 1 unspecified atom stereocenters. The molecule has 0 aliphatic carbocycles. The molecule has 1 heterocycles. The standard InChI is InChI=1S/C19H27NO2Si/c1-19(2,3)23(4,5)22-14-15-8-10-16(11-9-15)18(21)17-7-6-12-20-13-17/h6-13,18,21H,14H2,1-5H3. The third-order valence-corrected chi connectivity index (χ3v) is 9.18. The SMILES string of the molecule is CC(C)(C)[Si](C)(C)OCc1ccc(C(O)c2cccnc2)cc1. The van der Waals surface area contributed by atoms with E-state index >= 15 is 0 Å². The minimum Gasteiger partial charge on any atom is -0.413 e. The molecule has 3 nitrogen and oxygen atoms in total. The van der Waals surface area contributed by atoms with Gasteiger partial charge in [-0.15, -0.1) is 0 Å². The van der Waals surface area contributed by atoms with E-state index in [2.05, 4.69) is 38.8 Å². The highest BCUT2D eigenvalue weighted by Gasteiger charge is 2.36. The van der Waals surface area contributed by atoms with Gasteiger partial charge in [-0.2, -0.15) is 0 Å². The summed E-state index contributed by atoms with van der Waals surface area (Å²) in [5.41, 5.74) is 2.81. The van der Waals surface area contributed by atoms with Gasteiger partial charge in [0.05, 0.1) is 6.61 Å². The van der Waals surface area contributed by atoms with Gasteiger partial charge in [0.2, 0.25) is 0 Å². The average molecular weight is 330 g/mol. The third kappa shape index (κ3) is 4.50. The molecule has 1 aromatic carbocycles. The molecule has 0 saturated heterocycles. The molecule has 0 fully saturated rings. The van der Waals surface area contributed by atoms with E-state index in [-0.39, 0.29) is 5.04 Å². The van der Waals surface area contributed by atoms with Crippen LogP contribution in [0.5, 0.6) is 0 Å². The zero-order valence-corrected chi connectivity index (χ0v) is 15.7. The quantitative estimate of drug-likeness (QED) is 0.810. The van der Waals surface area contributed by atoms with Gasteiger partial charge in [0.15, 0.2) is 8.32 Å². The molecule has 0 aliphatic heterocycles. The summed E-state index contributed by atoms with van der Waals surface area (Å²) in [5, 5.41) is 10.6. The Morgan fingerprint density at radius 2 is 1.74 bits per heavy atom. The lowest BCUT2D eigenvalue weighted by atomic mass is 10.0. The lowest BCUT2D eigenvalue weighted by Crippen LogP contribution is -2.40. The molecular formula is C19H27NO2Si. The number of rotatable bonds is 5. The molecule has 2 aromatic rings. The minimum atomic E-state index is -1.73. The van der Waals surface area contributed by atoms with Crippen LogP contribution in [0.2, 0.25) is 18.1 Å². The summed E-state index contributed by atoms with van der Waals surface area (Å²) in [5.74, 6) is 0. The molecule has 0 saturated carbocycles. The first-order valence-corrected chi connectivity index (χ1v) is 10.9. The Morgan fingerprint density at radius 3 is 2.26 bits per heavy atom. The number of nitrogens with zero attached hydrogens (tertiary/aromatic N) is 1. The highest BCUT2D eigenvalue weighted by molar-refractivity contribution is 6.74. The number of aliphatic hydroxyl groups is 1. The van der Waals surface area contributed by atoms with Gasteiger partial charge in [0, 0.05) is 18.0 Å². The Morgan fingerprint density at radius 1 is 1.09 bits per heavy atom. The molecule has 1 aromatic heterocycles. The second-order valence-electron chi connectivity index (χ2n) is 7.48. The molecule has 124 valence electrons. The Kier molecular flexibility index (Phi) is 5.40. The number of aromatic nitrogens is 1. The van der Waals surface area contributed by atoms with Crippen molar-refractivity contribution in [1.82, 2.24) is 4.98 Å². The molecule has 1 N–H and O–H groups in total. The maximum atomic E-state index is 10.4. The monoisotopic (exact) mass is 329 g/mol. The van der Waals surface area contributed by atoms with Crippen molar-refractivity contribution >= 4 is 8.32 Å². The highest BCUT2D eigenvalue weighted by Crippen LogP contribution is 2.37. The summed E-state index contributed by atoms with van der Waals surface area (Å²) in [4.78, 5) is 4.05. The Bertz CT molecular complexity index is 618. The van der Waals surface area contributed by atoms with Crippen molar-refractivity contribution in [3.8, 4) is 0 Å². The van der Waals surface area contributed by atoms with Gasteiger partial charge >= 0.3 is 0 Å². The normalized spacial score (nSPS) is 13.8. The van der Waals surface area contributed by atoms with E-state index in [0.717, 1.165) is 16.7 Å². The highest BCUT2D eigenvalue weighted by atomic mass is 28.4. The number of pyridine rings is 1. The van der Waals surface area contributed by atoms with Crippen molar-refractivity contribution in [2.75, 3.05) is 0 Å². The summed E-state index contributed by atoms with van der Waals surface area (Å²) >= 11 is 0. The molecule has 0 bridgehead atoms. The molecule has 0 aliphatic rings. The molecule has 0 radical (unpaired) electrons. The second-order valence-corrected chi connectivity index (χ2v) is 12.3. The van der Waals surface area contributed by atoms with Crippen LogP contribution in [0, 0.1) is 0 Å². The van der Waals surface area contributed by atoms with Gasteiger partial charge in [0.1, 0.15) is 6.10 Å². The summed E-state index contributed by atoms with van der Waals surface area (Å²) in [7, 11) is -1.73. The fraction of sp³-hybridized carbons (Fsp3) is 0.421. The Labute approximate surface area is 140 Å². The molecular weight excluding hydrogens is 302 g/mol. The van der Waals surface area contributed by atoms with Gasteiger partial charge in [0.25, 0.3) is 0 Å². The Hall–Kier alpha value is -1.49. The van der Waals surface area contributed by atoms with E-state index < -0.39 is 14.4 Å². The maximum Gasteiger partial charge on any atom is 0.192 e. The van der Waals surface area contributed by atoms with Crippen LogP contribution < -0.4 is 0 Å². The third-order valence-electron chi connectivity index (χ3n) is 4.70. The van der Waals surface area contributed by atoms with Crippen LogP contribution in [0.15, 0.2) is 48.8 Å². The van der Waals surface area contributed by atoms with Crippen LogP contribution in [0.1, 0.15) is 43.6 Å². The van der Waals surface area contributed by atoms with Gasteiger partial charge < -0.3 is 9.53 Å². The molecule has 2 rings (SSSR count). The largest absolute Gasteiger partial charge is 0.413 e. The van der Waals surface area contributed by atoms with Gasteiger partial charge in [-0.05, 0) is 35.3 Å². The van der Waals surface area contributed by atoms with E-state index in [0.29, 0.717) is 6.61 Å². The molecule has 0 spiro atoms. The predicted octanol–water partition coefficient (Wildman–Crippen LogP) is 4.69. The number of hydrogen-bond acceptors (Lipinski definition) is 3. The average Bonchev–Trinajstić information content (AvgIpc) is 2.52. The smallest absolute Gasteiger partial charge is 0.192 e. The van der Waals surface area contributed by atoms with Gasteiger partial charge in [-0.1, -0.05) is 51.1 Å². The van der Waals surface area contributed by atoms with E-state index in [9.17, 15) is 5.11 Å². The zero-order chi connectivity index (χ0) is 17.1. The lowest BCUT2D eigenvalue weighted by Gasteiger charge is -2.36. The number of benzene rings is 1. The van der Waals surface area contributed by atoms with E-state index in [4.69, 9.17) is 4.43 Å². The van der Waals surface area contributed by atoms with Crippen molar-refractivity contribution in [2.24, 2.45) is 0 Å². The van der Waals surface area contributed by atoms with E-state index in [1.54, 1.807) is 12.4 Å². The molecule has 0 amide bonds. The first kappa shape index (κ1) is 17.9. The summed E-state index contributed by atoms with van der Waals surface area (Å²) in [6.07, 6.45) is 2.76. The fourth-order valence-electron chi connectivity index (χ4n) is 2.01. The lowest BCUT2D eigenvalue weighted by molar-refractivity contribution is 0.219. The van der Waals surface area contributed by atoms with Crippen molar-refractivity contribution in [1.29, 1.82) is 0 Å². The molecule has 4 heteroatoms. The van der Waals surface area contributed by atoms with Crippen molar-refractivity contribution in [3.63, 3.8) is 0 Å². The first-order chi connectivity index (χ1) is 10.7. The van der Waals surface area contributed by atoms with Crippen LogP contribution in [0.25, 0.3) is 0 Å². The fourth-order valence-corrected chi connectivity index (χ4v) is 2.97. The van der Waals surface area contributed by atoms with Gasteiger partial charge in [-0.25, -0.2) is 0 Å². The maximum absolute atomic E-state index is 10.4. The van der Waals surface area contributed by atoms with Crippen LogP contribution in [-0.2, 0) is 11.0 Å². The van der Waals surface area contributed by atoms with Crippen LogP contribution in [0.4, 0.5) is 0 Å². The topological polar surface area (TPSA) is 42.4 Å². The van der Waals surface area contributed by atoms with Crippen molar-refractivity contribution in [2.45, 2.75) is 51.6 Å². The molecule has 23 heavy (non-hydrogen) atoms. The van der Waals surface area contributed by atoms with Crippen molar-refractivity contribution < 1.29 is 9.53 Å². The number of aliphatic hydroxyl groups excluding tert-OH is 1. The predicted molar refractivity (Wildman–Crippen MR) is 96.7 cm³/mol. The van der Waals surface area contributed by atoms with Crippen molar-refractivity contribution in [3.05, 3.63) is 65.5 Å². The van der Waals surface area contributed by atoms with Crippen LogP contribution in [0.3, 0.4) is 0 Å². The van der Waals surface area contributed by atoms with E-state index in [1.807, 2.05) is 36.4 Å². The van der Waals surface area contributed by atoms with E-state index in [1.165, 1.54) is 0 Å². The zero-order valence-electron chi connectivity index (χ0n) is 14.7. The minimum absolute atomic E-state index is 0.212. The first-order valence-electron chi connectivity index (χ1n) is 8.01. The summed E-state index contributed by atoms with van der Waals surface area (Å²) < 4.78 is 6.23.